The molecule has 5 heteroatoms. The van der Waals surface area contributed by atoms with Crippen LogP contribution in [0.1, 0.15) is 0 Å². The maximum atomic E-state index is 0. The van der Waals surface area contributed by atoms with Crippen LogP contribution in [-0.2, 0) is 38.0 Å². The van der Waals surface area contributed by atoms with Gasteiger partial charge in [0.25, 0.3) is 0 Å². The quantitative estimate of drug-likeness (QED) is 0.315. The monoisotopic (exact) mass is 192 g/mol. The molecule has 0 heterocycles. The van der Waals surface area contributed by atoms with Crippen LogP contribution in [0.15, 0.2) is 0 Å². The molecule has 0 aliphatic rings. The Labute approximate surface area is 67.1 Å². The summed E-state index contributed by atoms with van der Waals surface area (Å²) < 4.78 is 0. The minimum Gasteiger partial charge on any atom is -0.153 e. The van der Waals surface area contributed by atoms with E-state index >= 15 is 0 Å². The van der Waals surface area contributed by atoms with Crippen LogP contribution in [0.2, 0.25) is 0 Å². The molecule has 0 aromatic carbocycles. The molecule has 0 aliphatic carbocycles. The van der Waals surface area contributed by atoms with Crippen molar-refractivity contribution in [2.45, 2.75) is 0 Å². The van der Waals surface area contributed by atoms with Gasteiger partial charge in [0.1, 0.15) is 0 Å². The normalized spacial score (nSPS) is 0. The Kier molecular flexibility index (Phi) is 512. The van der Waals surface area contributed by atoms with Gasteiger partial charge in [0.15, 0.2) is 0 Å². The van der Waals surface area contributed by atoms with Crippen molar-refractivity contribution >= 4 is 29.3 Å². The first-order valence-electron chi connectivity index (χ1n) is 0. The van der Waals surface area contributed by atoms with Crippen molar-refractivity contribution < 1.29 is 38.0 Å². The van der Waals surface area contributed by atoms with Crippen LogP contribution in [0.25, 0.3) is 0 Å². The molecular formula is H7BPSiVZn. The van der Waals surface area contributed by atoms with Gasteiger partial charge in [0, 0.05) is 46.4 Å². The van der Waals surface area contributed by atoms with Gasteiger partial charge in [-0.25, -0.2) is 0 Å². The van der Waals surface area contributed by atoms with Crippen LogP contribution < -0.4 is 0 Å². The van der Waals surface area contributed by atoms with Crippen LogP contribution in [0, 0.1) is 0 Å². The number of hydrogen-bond donors (Lipinski definition) is 0. The van der Waals surface area contributed by atoms with Gasteiger partial charge in [-0.3, -0.25) is 0 Å². The van der Waals surface area contributed by atoms with Crippen molar-refractivity contribution in [1.29, 1.82) is 0 Å². The Balaban J connectivity index is 0. The molecule has 1 atom stereocenters. The molecule has 1 unspecified atom stereocenters. The minimum atomic E-state index is 0. The van der Waals surface area contributed by atoms with Crippen LogP contribution in [0.3, 0.4) is 0 Å². The molecule has 0 aliphatic heterocycles. The second-order valence-electron chi connectivity index (χ2n) is 0. The van der Waals surface area contributed by atoms with Gasteiger partial charge in [-0.15, -0.1) is 0 Å². The number of hydrogen-bond acceptors (Lipinski definition) is 0. The van der Waals surface area contributed by atoms with E-state index in [0.29, 0.717) is 0 Å². The molecule has 0 rings (SSSR count). The molecule has 5 heavy (non-hydrogen) atoms. The fourth-order valence-corrected chi connectivity index (χ4v) is 0. The SMILES string of the molecule is P.[B].[SiH4].[V].[Zn]. The third-order valence-electron chi connectivity index (χ3n) is 0. The topological polar surface area (TPSA) is 0 Å². The zero-order chi connectivity index (χ0) is 0. The fourth-order valence-electron chi connectivity index (χ4n) is 0. The summed E-state index contributed by atoms with van der Waals surface area (Å²) in [4.78, 5) is 0. The van der Waals surface area contributed by atoms with E-state index < -0.39 is 0 Å². The molecule has 0 N–H and O–H groups in total. The first-order chi connectivity index (χ1) is 0. The molecule has 4 radical (unpaired) electrons. The zero-order valence-electron chi connectivity index (χ0n) is 2.44. The minimum absolute atomic E-state index is 0. The van der Waals surface area contributed by atoms with Gasteiger partial charge >= 0.3 is 0 Å². The summed E-state index contributed by atoms with van der Waals surface area (Å²) in [5.41, 5.74) is 0. The Hall–Kier alpha value is 1.92. The largest absolute Gasteiger partial charge is 0.153 e. The van der Waals surface area contributed by atoms with Crippen molar-refractivity contribution in [2.24, 2.45) is 0 Å². The van der Waals surface area contributed by atoms with Crippen LogP contribution in [0.4, 0.5) is 0 Å². The predicted octanol–water partition coefficient (Wildman–Crippen LogP) is -1.78. The van der Waals surface area contributed by atoms with E-state index in [1.165, 1.54) is 0 Å². The summed E-state index contributed by atoms with van der Waals surface area (Å²) in [5, 5.41) is 0. The van der Waals surface area contributed by atoms with E-state index in [4.69, 9.17) is 0 Å². The third kappa shape index (κ3) is 24.7. The molecule has 26 valence electrons. The second kappa shape index (κ2) is 38.9. The van der Waals surface area contributed by atoms with Crippen molar-refractivity contribution in [3.63, 3.8) is 0 Å². The maximum Gasteiger partial charge on any atom is 0 e. The van der Waals surface area contributed by atoms with E-state index in [0.717, 1.165) is 0 Å². The van der Waals surface area contributed by atoms with Gasteiger partial charge in [-0.2, -0.15) is 9.90 Å². The van der Waals surface area contributed by atoms with Crippen LogP contribution in [0.5, 0.6) is 0 Å². The first-order valence-corrected chi connectivity index (χ1v) is 0. The second-order valence-corrected chi connectivity index (χ2v) is 0. The summed E-state index contributed by atoms with van der Waals surface area (Å²) in [6, 6.07) is 0. The summed E-state index contributed by atoms with van der Waals surface area (Å²) in [5.74, 6) is 0. The van der Waals surface area contributed by atoms with Crippen molar-refractivity contribution in [3.05, 3.63) is 0 Å². The smallest absolute Gasteiger partial charge is 0 e. The Bertz CT molecular complexity index is 11.6. The standard InChI is InChI=1S/B.H3P.H4Si.V.Zn/h;1H3;1H4;;. The van der Waals surface area contributed by atoms with Crippen molar-refractivity contribution in [2.75, 3.05) is 0 Å². The molecule has 0 aromatic heterocycles. The summed E-state index contributed by atoms with van der Waals surface area (Å²) in [6.45, 7) is 0. The average Bonchev–Trinajstić information content (AvgIpc) is 0. The van der Waals surface area contributed by atoms with E-state index in [2.05, 4.69) is 0 Å². The van der Waals surface area contributed by atoms with Crippen LogP contribution in [-0.4, -0.2) is 19.4 Å². The van der Waals surface area contributed by atoms with E-state index in [1.807, 2.05) is 0 Å². The maximum absolute atomic E-state index is 0. The summed E-state index contributed by atoms with van der Waals surface area (Å²) in [6.07, 6.45) is 0. The summed E-state index contributed by atoms with van der Waals surface area (Å²) >= 11 is 0. The van der Waals surface area contributed by atoms with Gasteiger partial charge in [-0.05, 0) is 11.0 Å². The average molecular weight is 193 g/mol. The van der Waals surface area contributed by atoms with E-state index in [-0.39, 0.29) is 67.3 Å². The van der Waals surface area contributed by atoms with E-state index in [1.54, 1.807) is 0 Å². The Morgan fingerprint density at radius 3 is 1.00 bits per heavy atom. The van der Waals surface area contributed by atoms with Crippen molar-refractivity contribution in [3.8, 4) is 0 Å². The van der Waals surface area contributed by atoms with Crippen molar-refractivity contribution in [1.82, 2.24) is 0 Å². The third-order valence-corrected chi connectivity index (χ3v) is 0. The molecule has 0 amide bonds. The fraction of sp³-hybridized carbons (Fsp3) is 0. The number of rotatable bonds is 0. The molecule has 0 fully saturated rings. The van der Waals surface area contributed by atoms with Gasteiger partial charge < -0.3 is 0 Å². The molecule has 0 spiro atoms. The Morgan fingerprint density at radius 1 is 1.00 bits per heavy atom. The molecule has 0 saturated heterocycles. The van der Waals surface area contributed by atoms with Gasteiger partial charge in [-0.1, -0.05) is 0 Å². The molecule has 0 bridgehead atoms. The predicted molar refractivity (Wildman–Crippen MR) is 28.2 cm³/mol. The first kappa shape index (κ1) is 65.8. The molecular weight excluding hydrogens is 186 g/mol. The molecule has 0 aromatic rings. The van der Waals surface area contributed by atoms with E-state index in [9.17, 15) is 0 Å². The zero-order valence-corrected chi connectivity index (χ0v) is 8.22. The van der Waals surface area contributed by atoms with Gasteiger partial charge in [0.05, 0.1) is 0 Å². The molecule has 0 nitrogen and oxygen atoms in total. The van der Waals surface area contributed by atoms with Gasteiger partial charge in [0.2, 0.25) is 0 Å². The Morgan fingerprint density at radius 2 is 1.00 bits per heavy atom. The van der Waals surface area contributed by atoms with Crippen LogP contribution >= 0.6 is 9.90 Å². The molecule has 0 saturated carbocycles. The summed E-state index contributed by atoms with van der Waals surface area (Å²) in [7, 11) is 0.